The molecule has 0 aromatic heterocycles. The quantitative estimate of drug-likeness (QED) is 0.187. The minimum absolute atomic E-state index is 0.279. The first-order chi connectivity index (χ1) is 20.4. The number of fused-ring (bicyclic) bond motifs is 5. The molecule has 4 atom stereocenters. The fourth-order valence-corrected chi connectivity index (χ4v) is 7.03. The molecule has 2 amide bonds. The van der Waals surface area contributed by atoms with Crippen LogP contribution in [0.2, 0.25) is 10.0 Å². The molecule has 0 bridgehead atoms. The maximum atomic E-state index is 14.3. The largest absolute Gasteiger partial charge is 0.451 e. The van der Waals surface area contributed by atoms with Gasteiger partial charge in [-0.2, -0.15) is 0 Å². The van der Waals surface area contributed by atoms with Crippen molar-refractivity contribution in [2.75, 3.05) is 4.90 Å². The molecule has 3 aliphatic rings. The smallest absolute Gasteiger partial charge is 0.330 e. The molecule has 4 aromatic carbocycles. The fraction of sp³-hybridized carbons (Fsp3) is 0.147. The number of imide groups is 1. The van der Waals surface area contributed by atoms with Crippen molar-refractivity contribution in [3.05, 3.63) is 142 Å². The second-order valence-corrected chi connectivity index (χ2v) is 11.5. The molecular formula is C34H24Cl2N2O4. The van der Waals surface area contributed by atoms with Crippen LogP contribution >= 0.6 is 23.2 Å². The highest BCUT2D eigenvalue weighted by Gasteiger charge is 2.65. The minimum atomic E-state index is -1.03. The van der Waals surface area contributed by atoms with Crippen LogP contribution in [-0.4, -0.2) is 28.7 Å². The Morgan fingerprint density at radius 3 is 1.95 bits per heavy atom. The molecule has 7 rings (SSSR count). The highest BCUT2D eigenvalue weighted by molar-refractivity contribution is 6.35. The molecule has 2 saturated heterocycles. The Morgan fingerprint density at radius 2 is 1.31 bits per heavy atom. The molecule has 8 heteroatoms. The maximum absolute atomic E-state index is 14.3. The summed E-state index contributed by atoms with van der Waals surface area (Å²) in [6, 6.07) is 29.7. The monoisotopic (exact) mass is 594 g/mol. The van der Waals surface area contributed by atoms with E-state index in [1.165, 1.54) is 18.2 Å². The van der Waals surface area contributed by atoms with Gasteiger partial charge in [-0.15, -0.1) is 0 Å². The van der Waals surface area contributed by atoms with Gasteiger partial charge in [0.25, 0.3) is 0 Å². The lowest BCUT2D eigenvalue weighted by molar-refractivity contribution is -0.155. The number of hydrogen-bond donors (Lipinski definition) is 0. The number of benzene rings is 4. The molecule has 0 unspecified atom stereocenters. The van der Waals surface area contributed by atoms with Crippen LogP contribution in [0.4, 0.5) is 5.69 Å². The Balaban J connectivity index is 1.32. The van der Waals surface area contributed by atoms with Crippen LogP contribution < -0.4 is 4.90 Å². The Hall–Kier alpha value is -4.39. The van der Waals surface area contributed by atoms with E-state index in [0.29, 0.717) is 10.0 Å². The summed E-state index contributed by atoms with van der Waals surface area (Å²) >= 11 is 12.5. The second kappa shape index (κ2) is 10.5. The van der Waals surface area contributed by atoms with Crippen LogP contribution in [0.5, 0.6) is 0 Å². The van der Waals surface area contributed by atoms with Gasteiger partial charge in [0.15, 0.2) is 6.10 Å². The lowest BCUT2D eigenvalue weighted by atomic mass is 9.84. The number of hydrogen-bond acceptors (Lipinski definition) is 5. The van der Waals surface area contributed by atoms with Gasteiger partial charge in [-0.05, 0) is 46.5 Å². The van der Waals surface area contributed by atoms with Crippen molar-refractivity contribution in [2.45, 2.75) is 18.2 Å². The number of amides is 2. The van der Waals surface area contributed by atoms with Gasteiger partial charge in [0.05, 0.1) is 23.6 Å². The van der Waals surface area contributed by atoms with E-state index in [2.05, 4.69) is 0 Å². The molecule has 0 radical (unpaired) electrons. The van der Waals surface area contributed by atoms with Gasteiger partial charge in [-0.3, -0.25) is 9.59 Å². The summed E-state index contributed by atoms with van der Waals surface area (Å²) in [5, 5.41) is 0.597. The molecule has 42 heavy (non-hydrogen) atoms. The normalized spacial score (nSPS) is 22.3. The van der Waals surface area contributed by atoms with Gasteiger partial charge in [-0.25, -0.2) is 9.69 Å². The zero-order valence-electron chi connectivity index (χ0n) is 22.1. The molecular weight excluding hydrogens is 571 g/mol. The average molecular weight is 595 g/mol. The summed E-state index contributed by atoms with van der Waals surface area (Å²) in [7, 11) is 0. The summed E-state index contributed by atoms with van der Waals surface area (Å²) in [6.07, 6.45) is 3.01. The first kappa shape index (κ1) is 26.5. The summed E-state index contributed by atoms with van der Waals surface area (Å²) < 4.78 is 6.28. The molecule has 4 aromatic rings. The third-order valence-corrected chi connectivity index (χ3v) is 8.68. The van der Waals surface area contributed by atoms with E-state index in [-0.39, 0.29) is 5.69 Å². The van der Waals surface area contributed by atoms with Crippen LogP contribution in [0.3, 0.4) is 0 Å². The van der Waals surface area contributed by atoms with E-state index < -0.39 is 47.8 Å². The predicted octanol–water partition coefficient (Wildman–Crippen LogP) is 6.84. The summed E-state index contributed by atoms with van der Waals surface area (Å²) in [5.41, 5.74) is 3.68. The zero-order valence-corrected chi connectivity index (χ0v) is 23.7. The van der Waals surface area contributed by atoms with Crippen LogP contribution in [0.1, 0.15) is 34.4 Å². The lowest BCUT2D eigenvalue weighted by Crippen LogP contribution is -2.45. The first-order valence-corrected chi connectivity index (χ1v) is 14.4. The molecule has 6 nitrogen and oxygen atoms in total. The van der Waals surface area contributed by atoms with Crippen LogP contribution in [-0.2, 0) is 19.1 Å². The molecule has 3 aliphatic heterocycles. The van der Waals surface area contributed by atoms with E-state index in [1.54, 1.807) is 6.20 Å². The van der Waals surface area contributed by atoms with Crippen molar-refractivity contribution >= 4 is 52.7 Å². The first-order valence-electron chi connectivity index (χ1n) is 13.6. The Morgan fingerprint density at radius 1 is 0.738 bits per heavy atom. The number of nitrogens with zero attached hydrogens (tertiary/aromatic N) is 2. The van der Waals surface area contributed by atoms with Gasteiger partial charge >= 0.3 is 5.97 Å². The number of ether oxygens (including phenoxy) is 1. The summed E-state index contributed by atoms with van der Waals surface area (Å²) in [4.78, 5) is 45.6. The molecule has 0 saturated carbocycles. The van der Waals surface area contributed by atoms with Crippen molar-refractivity contribution in [2.24, 2.45) is 11.8 Å². The molecule has 2 fully saturated rings. The molecule has 0 spiro atoms. The van der Waals surface area contributed by atoms with Crippen LogP contribution in [0.25, 0.3) is 6.08 Å². The van der Waals surface area contributed by atoms with E-state index in [9.17, 15) is 14.4 Å². The van der Waals surface area contributed by atoms with Crippen molar-refractivity contribution in [3.8, 4) is 0 Å². The van der Waals surface area contributed by atoms with E-state index >= 15 is 0 Å². The van der Waals surface area contributed by atoms with Gasteiger partial charge in [0, 0.05) is 16.2 Å². The number of carbonyl (C=O) groups excluding carboxylic acids is 3. The Bertz CT molecular complexity index is 1680. The minimum Gasteiger partial charge on any atom is -0.451 e. The van der Waals surface area contributed by atoms with Gasteiger partial charge in [-0.1, -0.05) is 108 Å². The second-order valence-electron chi connectivity index (χ2n) is 10.6. The zero-order chi connectivity index (χ0) is 29.0. The van der Waals surface area contributed by atoms with E-state index in [1.807, 2.05) is 95.9 Å². The van der Waals surface area contributed by atoms with Crippen molar-refractivity contribution in [1.82, 2.24) is 4.90 Å². The molecule has 3 heterocycles. The summed E-state index contributed by atoms with van der Waals surface area (Å²) in [6.45, 7) is 0. The van der Waals surface area contributed by atoms with Gasteiger partial charge < -0.3 is 9.64 Å². The van der Waals surface area contributed by atoms with Crippen molar-refractivity contribution in [3.63, 3.8) is 0 Å². The SMILES string of the molecule is O=C(OC(c1ccccc1)c1ccccc1)[C@H]1[C@@H]2C(=O)N(c3cc(Cl)cc(Cl)c3)C(=O)[C@@H]2[C@H]2c3ccccc3C=CN21. The topological polar surface area (TPSA) is 66.9 Å². The predicted molar refractivity (Wildman–Crippen MR) is 161 cm³/mol. The van der Waals surface area contributed by atoms with E-state index in [4.69, 9.17) is 27.9 Å². The number of carbonyl (C=O) groups is 3. The van der Waals surface area contributed by atoms with Crippen LogP contribution in [0, 0.1) is 11.8 Å². The number of esters is 1. The maximum Gasteiger partial charge on any atom is 0.330 e. The fourth-order valence-electron chi connectivity index (χ4n) is 6.52. The third-order valence-electron chi connectivity index (χ3n) is 8.25. The van der Waals surface area contributed by atoms with Crippen molar-refractivity contribution < 1.29 is 19.1 Å². The Labute approximate surface area is 252 Å². The van der Waals surface area contributed by atoms with Gasteiger partial charge in [0.2, 0.25) is 11.8 Å². The third kappa shape index (κ3) is 4.30. The van der Waals surface area contributed by atoms with Gasteiger partial charge in [0.1, 0.15) is 6.04 Å². The average Bonchev–Trinajstić information content (AvgIpc) is 3.48. The lowest BCUT2D eigenvalue weighted by Gasteiger charge is -2.35. The molecule has 208 valence electrons. The van der Waals surface area contributed by atoms with Crippen LogP contribution in [0.15, 0.2) is 109 Å². The van der Waals surface area contributed by atoms with Crippen molar-refractivity contribution in [1.29, 1.82) is 0 Å². The molecule has 0 aliphatic carbocycles. The highest BCUT2D eigenvalue weighted by Crippen LogP contribution is 2.54. The highest BCUT2D eigenvalue weighted by atomic mass is 35.5. The number of rotatable bonds is 5. The number of anilines is 1. The van der Waals surface area contributed by atoms with E-state index in [0.717, 1.165) is 27.2 Å². The number of halogens is 2. The standard InChI is InChI=1S/C34H24Cl2N2O4/c35-23-17-24(36)19-25(18-23)38-32(39)27-28(33(38)40)30(37-16-15-20-9-7-8-14-26(20)29(27)37)34(41)42-31(21-10-3-1-4-11-21)22-12-5-2-6-13-22/h1-19,27-31H/t27-,28+,29+,30+/m0/s1. The molecule has 0 N–H and O–H groups in total. The summed E-state index contributed by atoms with van der Waals surface area (Å²) in [5.74, 6) is -3.26. The Kier molecular flexibility index (Phi) is 6.60.